The Morgan fingerprint density at radius 3 is 2.41 bits per heavy atom. The topological polar surface area (TPSA) is 99.6 Å². The number of hydrogen-bond donors (Lipinski definition) is 1. The van der Waals surface area contributed by atoms with Gasteiger partial charge >= 0.3 is 0 Å². The molecule has 0 radical (unpaired) electrons. The third kappa shape index (κ3) is 4.87. The molecule has 2 saturated heterocycles. The second-order valence-electron chi connectivity index (χ2n) is 11.8. The van der Waals surface area contributed by atoms with E-state index in [-0.39, 0.29) is 30.4 Å². The molecule has 0 aliphatic carbocycles. The Balaban J connectivity index is 1.56. The average molecular weight is 566 g/mol. The molecule has 222 valence electrons. The minimum Gasteiger partial charge on any atom is -0.494 e. The van der Waals surface area contributed by atoms with Gasteiger partial charge in [0.25, 0.3) is 0 Å². The van der Waals surface area contributed by atoms with E-state index in [1.807, 2.05) is 74.2 Å². The van der Waals surface area contributed by atoms with Crippen molar-refractivity contribution in [1.82, 2.24) is 9.80 Å². The molecule has 4 aliphatic rings. The number of ether oxygens (including phenoxy) is 2. The van der Waals surface area contributed by atoms with E-state index < -0.39 is 29.1 Å². The molecule has 4 aliphatic heterocycles. The summed E-state index contributed by atoms with van der Waals surface area (Å²) in [4.78, 5) is 48.3. The zero-order valence-corrected chi connectivity index (χ0v) is 24.6. The summed E-state index contributed by atoms with van der Waals surface area (Å²) >= 11 is 0. The Morgan fingerprint density at radius 2 is 1.73 bits per heavy atom. The molecule has 1 N–H and O–H groups in total. The number of amides is 3. The smallest absolute Gasteiger partial charge is 0.249 e. The number of benzene rings is 1. The number of aliphatic hydroxyl groups is 1. The lowest BCUT2D eigenvalue weighted by atomic mass is 9.74. The van der Waals surface area contributed by atoms with E-state index >= 15 is 0 Å². The van der Waals surface area contributed by atoms with Crippen LogP contribution in [-0.4, -0.2) is 88.8 Å². The summed E-state index contributed by atoms with van der Waals surface area (Å²) in [7, 11) is 0. The SMILES string of the molecule is CCCC(C)N1CC=C[C@]23O[C@@]4(C)C=CCN(c5ccc(OCC)cc5)C(=O)[C@H]4[C@H]2C(=O)N(CCCCO)C3C1=O. The highest BCUT2D eigenvalue weighted by molar-refractivity contribution is 6.04. The van der Waals surface area contributed by atoms with Crippen LogP contribution in [-0.2, 0) is 19.1 Å². The van der Waals surface area contributed by atoms with E-state index in [9.17, 15) is 19.5 Å². The van der Waals surface area contributed by atoms with Gasteiger partial charge in [-0.05, 0) is 64.3 Å². The number of carbonyl (C=O) groups is 3. The summed E-state index contributed by atoms with van der Waals surface area (Å²) in [6.45, 7) is 9.56. The van der Waals surface area contributed by atoms with Crippen LogP contribution in [0.5, 0.6) is 5.75 Å². The lowest BCUT2D eigenvalue weighted by Gasteiger charge is -2.38. The molecule has 0 bridgehead atoms. The van der Waals surface area contributed by atoms with Gasteiger partial charge in [-0.3, -0.25) is 14.4 Å². The molecule has 4 heterocycles. The third-order valence-electron chi connectivity index (χ3n) is 9.09. The molecule has 1 spiro atoms. The van der Waals surface area contributed by atoms with Crippen LogP contribution < -0.4 is 9.64 Å². The zero-order valence-electron chi connectivity index (χ0n) is 24.6. The van der Waals surface area contributed by atoms with Crippen LogP contribution in [0, 0.1) is 11.8 Å². The fourth-order valence-electron chi connectivity index (χ4n) is 7.26. The normalized spacial score (nSPS) is 31.6. The van der Waals surface area contributed by atoms with Crippen LogP contribution in [0.2, 0.25) is 0 Å². The van der Waals surface area contributed by atoms with Crippen LogP contribution in [0.15, 0.2) is 48.6 Å². The average Bonchev–Trinajstić information content (AvgIpc) is 3.20. The maximum absolute atomic E-state index is 14.4. The maximum Gasteiger partial charge on any atom is 0.249 e. The summed E-state index contributed by atoms with van der Waals surface area (Å²) in [5.74, 6) is -1.53. The fraction of sp³-hybridized carbons (Fsp3) is 0.594. The number of nitrogens with zero attached hydrogens (tertiary/aromatic N) is 3. The van der Waals surface area contributed by atoms with E-state index in [0.717, 1.165) is 18.6 Å². The molecule has 41 heavy (non-hydrogen) atoms. The molecule has 9 heteroatoms. The molecule has 0 aromatic heterocycles. The van der Waals surface area contributed by atoms with Gasteiger partial charge in [0, 0.05) is 38.0 Å². The summed E-state index contributed by atoms with van der Waals surface area (Å²) < 4.78 is 12.5. The standard InChI is InChI=1S/C32H43N3O6/c1-5-11-22(3)33-19-10-17-32-26(29(38)35(18-7-8-21-36)27(32)30(33)39)25-28(37)34(20-9-16-31(25,4)41-32)23-12-14-24(15-13-23)40-6-2/h9-10,12-17,22,25-27,36H,5-8,11,18-21H2,1-4H3/t22?,25-,26+,27?,31+,32+/m1/s1. The van der Waals surface area contributed by atoms with Crippen molar-refractivity contribution in [2.75, 3.05) is 37.7 Å². The summed E-state index contributed by atoms with van der Waals surface area (Å²) in [5.41, 5.74) is -1.63. The maximum atomic E-state index is 14.4. The first-order valence-electron chi connectivity index (χ1n) is 15.0. The van der Waals surface area contributed by atoms with Gasteiger partial charge in [0.2, 0.25) is 17.7 Å². The first-order valence-corrected chi connectivity index (χ1v) is 15.0. The van der Waals surface area contributed by atoms with E-state index in [1.165, 1.54) is 0 Å². The molecule has 2 unspecified atom stereocenters. The fourth-order valence-corrected chi connectivity index (χ4v) is 7.26. The second-order valence-corrected chi connectivity index (χ2v) is 11.8. The Labute approximate surface area is 242 Å². The molecule has 5 rings (SSSR count). The first kappa shape index (κ1) is 29.3. The molecular formula is C32H43N3O6. The van der Waals surface area contributed by atoms with Crippen LogP contribution >= 0.6 is 0 Å². The minimum absolute atomic E-state index is 0.000102. The van der Waals surface area contributed by atoms with Gasteiger partial charge in [-0.2, -0.15) is 0 Å². The number of unbranched alkanes of at least 4 members (excludes halogenated alkanes) is 1. The van der Waals surface area contributed by atoms with Crippen molar-refractivity contribution in [2.45, 2.75) is 76.7 Å². The highest BCUT2D eigenvalue weighted by atomic mass is 16.5. The molecular weight excluding hydrogens is 522 g/mol. The van der Waals surface area contributed by atoms with Crippen molar-refractivity contribution in [2.24, 2.45) is 11.8 Å². The van der Waals surface area contributed by atoms with Crippen molar-refractivity contribution in [1.29, 1.82) is 0 Å². The number of likely N-dealkylation sites (tertiary alicyclic amines) is 1. The van der Waals surface area contributed by atoms with Gasteiger partial charge < -0.3 is 29.3 Å². The van der Waals surface area contributed by atoms with Gasteiger partial charge in [0.05, 0.1) is 24.0 Å². The molecule has 0 saturated carbocycles. The molecule has 1 aromatic carbocycles. The Bertz CT molecular complexity index is 1210. The molecule has 6 atom stereocenters. The Morgan fingerprint density at radius 1 is 1.00 bits per heavy atom. The largest absolute Gasteiger partial charge is 0.494 e. The first-order chi connectivity index (χ1) is 19.7. The van der Waals surface area contributed by atoms with Crippen molar-refractivity contribution in [3.05, 3.63) is 48.6 Å². The predicted molar refractivity (Wildman–Crippen MR) is 155 cm³/mol. The summed E-state index contributed by atoms with van der Waals surface area (Å²) in [5, 5.41) is 9.43. The third-order valence-corrected chi connectivity index (χ3v) is 9.09. The monoisotopic (exact) mass is 565 g/mol. The number of hydrogen-bond acceptors (Lipinski definition) is 6. The molecule has 3 amide bonds. The lowest BCUT2D eigenvalue weighted by Crippen LogP contribution is -2.57. The molecule has 2 fully saturated rings. The van der Waals surface area contributed by atoms with Crippen molar-refractivity contribution in [3.8, 4) is 5.75 Å². The van der Waals surface area contributed by atoms with E-state index in [4.69, 9.17) is 9.47 Å². The quantitative estimate of drug-likeness (QED) is 0.345. The predicted octanol–water partition coefficient (Wildman–Crippen LogP) is 3.32. The van der Waals surface area contributed by atoms with Crippen LogP contribution in [0.4, 0.5) is 5.69 Å². The van der Waals surface area contributed by atoms with Gasteiger partial charge in [0.1, 0.15) is 17.4 Å². The van der Waals surface area contributed by atoms with Crippen molar-refractivity contribution >= 4 is 23.4 Å². The Kier molecular flexibility index (Phi) is 8.30. The van der Waals surface area contributed by atoms with Crippen molar-refractivity contribution in [3.63, 3.8) is 0 Å². The van der Waals surface area contributed by atoms with Crippen LogP contribution in [0.25, 0.3) is 0 Å². The number of rotatable bonds is 10. The zero-order chi connectivity index (χ0) is 29.4. The molecule has 1 aromatic rings. The van der Waals surface area contributed by atoms with Crippen molar-refractivity contribution < 1.29 is 29.0 Å². The van der Waals surface area contributed by atoms with E-state index in [2.05, 4.69) is 6.92 Å². The summed E-state index contributed by atoms with van der Waals surface area (Å²) in [6, 6.07) is 6.51. The number of anilines is 1. The second kappa shape index (κ2) is 11.6. The van der Waals surface area contributed by atoms with Crippen LogP contribution in [0.3, 0.4) is 0 Å². The van der Waals surface area contributed by atoms with Gasteiger partial charge in [0.15, 0.2) is 0 Å². The highest BCUT2D eigenvalue weighted by Crippen LogP contribution is 2.57. The minimum atomic E-state index is -1.27. The Hall–Kier alpha value is -3.17. The van der Waals surface area contributed by atoms with Gasteiger partial charge in [-0.15, -0.1) is 0 Å². The van der Waals surface area contributed by atoms with E-state index in [1.54, 1.807) is 9.80 Å². The lowest BCUT2D eigenvalue weighted by molar-refractivity contribution is -0.152. The number of fused-ring (bicyclic) bond motifs is 2. The summed E-state index contributed by atoms with van der Waals surface area (Å²) in [6.07, 6.45) is 10.5. The highest BCUT2D eigenvalue weighted by Gasteiger charge is 2.74. The van der Waals surface area contributed by atoms with Gasteiger partial charge in [-0.1, -0.05) is 37.6 Å². The van der Waals surface area contributed by atoms with Crippen LogP contribution in [0.1, 0.15) is 53.4 Å². The van der Waals surface area contributed by atoms with Gasteiger partial charge in [-0.25, -0.2) is 0 Å². The number of aliphatic hydroxyl groups excluding tert-OH is 1. The molecule has 9 nitrogen and oxygen atoms in total. The van der Waals surface area contributed by atoms with E-state index in [0.29, 0.717) is 44.8 Å². The number of carbonyl (C=O) groups excluding carboxylic acids is 3.